The summed E-state index contributed by atoms with van der Waals surface area (Å²) in [5.74, 6) is 0.766. The number of nitrogens with zero attached hydrogens (tertiary/aromatic N) is 1. The van der Waals surface area contributed by atoms with Gasteiger partial charge < -0.3 is 4.74 Å². The van der Waals surface area contributed by atoms with Crippen molar-refractivity contribution in [2.45, 2.75) is 52.7 Å². The maximum atomic E-state index is 6.53. The van der Waals surface area contributed by atoms with Crippen molar-refractivity contribution in [1.29, 1.82) is 0 Å². The van der Waals surface area contributed by atoms with Gasteiger partial charge >= 0.3 is 0 Å². The number of benzene rings is 3. The van der Waals surface area contributed by atoms with E-state index in [-0.39, 0.29) is 17.1 Å². The van der Waals surface area contributed by atoms with Gasteiger partial charge in [0.05, 0.1) is 5.54 Å². The molecule has 0 aliphatic carbocycles. The van der Waals surface area contributed by atoms with Gasteiger partial charge in [0.2, 0.25) is 5.90 Å². The van der Waals surface area contributed by atoms with Crippen LogP contribution in [0.3, 0.4) is 0 Å². The van der Waals surface area contributed by atoms with E-state index in [2.05, 4.69) is 101 Å². The molecule has 0 saturated carbocycles. The summed E-state index contributed by atoms with van der Waals surface area (Å²) in [7, 11) is 0. The molecular weight excluding hydrogens is 342 g/mol. The lowest BCUT2D eigenvalue weighted by Gasteiger charge is -2.29. The summed E-state index contributed by atoms with van der Waals surface area (Å²) < 4.78 is 6.53. The summed E-state index contributed by atoms with van der Waals surface area (Å²) in [6.45, 7) is 11.2. The zero-order valence-corrected chi connectivity index (χ0v) is 17.5. The zero-order chi connectivity index (χ0) is 19.9. The second-order valence-corrected chi connectivity index (χ2v) is 9.62. The van der Waals surface area contributed by atoms with E-state index in [0.717, 1.165) is 17.9 Å². The largest absolute Gasteiger partial charge is 0.464 e. The molecule has 2 heteroatoms. The van der Waals surface area contributed by atoms with Gasteiger partial charge in [-0.15, -0.1) is 0 Å². The first-order valence-electron chi connectivity index (χ1n) is 10.1. The quantitative estimate of drug-likeness (QED) is 0.489. The lowest BCUT2D eigenvalue weighted by molar-refractivity contribution is 0.240. The molecule has 0 N–H and O–H groups in total. The Morgan fingerprint density at radius 3 is 2.21 bits per heavy atom. The molecule has 0 aromatic heterocycles. The maximum absolute atomic E-state index is 6.53. The van der Waals surface area contributed by atoms with Crippen molar-refractivity contribution < 1.29 is 4.74 Å². The molecule has 1 aliphatic rings. The molecule has 0 spiro atoms. The fourth-order valence-electron chi connectivity index (χ4n) is 4.57. The monoisotopic (exact) mass is 371 g/mol. The predicted octanol–water partition coefficient (Wildman–Crippen LogP) is 6.92. The zero-order valence-electron chi connectivity index (χ0n) is 17.5. The van der Waals surface area contributed by atoms with E-state index in [9.17, 15) is 0 Å². The Hall–Kier alpha value is -2.61. The average Bonchev–Trinajstić information content (AvgIpc) is 2.97. The summed E-state index contributed by atoms with van der Waals surface area (Å²) in [4.78, 5) is 5.08. The fourth-order valence-corrected chi connectivity index (χ4v) is 4.57. The van der Waals surface area contributed by atoms with E-state index in [4.69, 9.17) is 9.73 Å². The van der Waals surface area contributed by atoms with E-state index in [1.54, 1.807) is 0 Å². The minimum atomic E-state index is -0.186. The molecule has 3 aromatic carbocycles. The van der Waals surface area contributed by atoms with Gasteiger partial charge in [0.25, 0.3) is 0 Å². The van der Waals surface area contributed by atoms with Crippen molar-refractivity contribution in [1.82, 2.24) is 0 Å². The molecule has 1 aliphatic heterocycles. The van der Waals surface area contributed by atoms with Crippen LogP contribution in [-0.4, -0.2) is 11.4 Å². The molecule has 4 rings (SSSR count). The number of hydrogen-bond donors (Lipinski definition) is 0. The van der Waals surface area contributed by atoms with Gasteiger partial charge in [-0.1, -0.05) is 81.4 Å². The molecule has 0 fully saturated rings. The highest BCUT2D eigenvalue weighted by molar-refractivity contribution is 6.00. The number of fused-ring (bicyclic) bond motifs is 2. The molecule has 144 valence electrons. The SMILES string of the molecule is CC(C)(C)CC(C)(C)N=C1OC(c2cccc3ccccc23)c2ccccc21. The van der Waals surface area contributed by atoms with E-state index in [0.29, 0.717) is 0 Å². The Morgan fingerprint density at radius 2 is 1.43 bits per heavy atom. The maximum Gasteiger partial charge on any atom is 0.218 e. The third-order valence-electron chi connectivity index (χ3n) is 5.18. The van der Waals surface area contributed by atoms with E-state index >= 15 is 0 Å². The Balaban J connectivity index is 1.79. The first-order valence-corrected chi connectivity index (χ1v) is 10.1. The minimum Gasteiger partial charge on any atom is -0.464 e. The molecule has 28 heavy (non-hydrogen) atoms. The van der Waals surface area contributed by atoms with Crippen molar-refractivity contribution in [3.8, 4) is 0 Å². The fraction of sp³-hybridized carbons (Fsp3) is 0.346. The van der Waals surface area contributed by atoms with Crippen LogP contribution in [0.5, 0.6) is 0 Å². The third-order valence-corrected chi connectivity index (χ3v) is 5.18. The Kier molecular flexibility index (Phi) is 4.53. The third kappa shape index (κ3) is 3.69. The van der Waals surface area contributed by atoms with Crippen LogP contribution in [0.2, 0.25) is 0 Å². The van der Waals surface area contributed by atoms with Gasteiger partial charge in [-0.2, -0.15) is 0 Å². The van der Waals surface area contributed by atoms with Crippen LogP contribution in [0.15, 0.2) is 71.7 Å². The van der Waals surface area contributed by atoms with Crippen LogP contribution in [0.4, 0.5) is 0 Å². The molecule has 0 saturated heterocycles. The summed E-state index contributed by atoms with van der Waals surface area (Å²) in [6.07, 6.45) is 0.875. The van der Waals surface area contributed by atoms with Gasteiger partial charge in [-0.3, -0.25) is 0 Å². The molecule has 3 aromatic rings. The molecular formula is C26H29NO. The molecule has 0 amide bonds. The number of rotatable bonds is 3. The van der Waals surface area contributed by atoms with Crippen LogP contribution < -0.4 is 0 Å². The molecule has 1 atom stereocenters. The van der Waals surface area contributed by atoms with Crippen LogP contribution in [-0.2, 0) is 4.74 Å². The highest BCUT2D eigenvalue weighted by Crippen LogP contribution is 2.40. The van der Waals surface area contributed by atoms with Gasteiger partial charge in [0, 0.05) is 16.7 Å². The smallest absolute Gasteiger partial charge is 0.218 e. The molecule has 1 unspecified atom stereocenters. The number of ether oxygens (including phenoxy) is 1. The van der Waals surface area contributed by atoms with Crippen LogP contribution in [0.25, 0.3) is 10.8 Å². The summed E-state index contributed by atoms with van der Waals surface area (Å²) in [6, 6.07) is 23.4. The average molecular weight is 372 g/mol. The van der Waals surface area contributed by atoms with Crippen molar-refractivity contribution in [3.05, 3.63) is 83.4 Å². The first kappa shape index (κ1) is 18.7. The molecule has 2 nitrogen and oxygen atoms in total. The summed E-state index contributed by atoms with van der Waals surface area (Å²) in [5, 5.41) is 2.47. The number of aliphatic imine (C=N–C) groups is 1. The Labute approximate surface area is 168 Å². The van der Waals surface area contributed by atoms with Crippen LogP contribution >= 0.6 is 0 Å². The Morgan fingerprint density at radius 1 is 0.786 bits per heavy atom. The predicted molar refractivity (Wildman–Crippen MR) is 118 cm³/mol. The second kappa shape index (κ2) is 6.77. The van der Waals surface area contributed by atoms with Gasteiger partial charge in [0.15, 0.2) is 6.10 Å². The minimum absolute atomic E-state index is 0.119. The van der Waals surface area contributed by atoms with Crippen LogP contribution in [0.1, 0.15) is 63.8 Å². The second-order valence-electron chi connectivity index (χ2n) is 9.62. The van der Waals surface area contributed by atoms with Crippen molar-refractivity contribution >= 4 is 16.7 Å². The van der Waals surface area contributed by atoms with Gasteiger partial charge in [-0.05, 0) is 42.5 Å². The normalized spacial score (nSPS) is 18.3. The standard InChI is InChI=1S/C26H29NO/c1-25(2,3)17-26(4,5)27-24-22-15-9-8-14-21(22)23(28-24)20-16-10-12-18-11-6-7-13-19(18)20/h6-16,23H,17H2,1-5H3. The highest BCUT2D eigenvalue weighted by atomic mass is 16.5. The molecule has 0 bridgehead atoms. The Bertz CT molecular complexity index is 1030. The highest BCUT2D eigenvalue weighted by Gasteiger charge is 2.34. The van der Waals surface area contributed by atoms with Gasteiger partial charge in [-0.25, -0.2) is 4.99 Å². The lowest BCUT2D eigenvalue weighted by Crippen LogP contribution is -2.26. The van der Waals surface area contributed by atoms with Crippen molar-refractivity contribution in [2.75, 3.05) is 0 Å². The van der Waals surface area contributed by atoms with Crippen LogP contribution in [0, 0.1) is 5.41 Å². The molecule has 1 heterocycles. The summed E-state index contributed by atoms with van der Waals surface area (Å²) >= 11 is 0. The van der Waals surface area contributed by atoms with E-state index in [1.165, 1.54) is 21.9 Å². The van der Waals surface area contributed by atoms with E-state index in [1.807, 2.05) is 0 Å². The van der Waals surface area contributed by atoms with Crippen molar-refractivity contribution in [2.24, 2.45) is 10.4 Å². The van der Waals surface area contributed by atoms with Gasteiger partial charge in [0.1, 0.15) is 0 Å². The number of hydrogen-bond acceptors (Lipinski definition) is 2. The van der Waals surface area contributed by atoms with Crippen molar-refractivity contribution in [3.63, 3.8) is 0 Å². The van der Waals surface area contributed by atoms with E-state index < -0.39 is 0 Å². The first-order chi connectivity index (χ1) is 13.2. The lowest BCUT2D eigenvalue weighted by atomic mass is 9.82. The summed E-state index contributed by atoms with van der Waals surface area (Å²) in [5.41, 5.74) is 3.53. The topological polar surface area (TPSA) is 21.6 Å². The molecule has 0 radical (unpaired) electrons.